The van der Waals surface area contributed by atoms with Gasteiger partial charge in [-0.3, -0.25) is 4.79 Å². The average Bonchev–Trinajstić information content (AvgIpc) is 3.09. The molecule has 0 aliphatic heterocycles. The van der Waals surface area contributed by atoms with Gasteiger partial charge < -0.3 is 9.50 Å². The van der Waals surface area contributed by atoms with E-state index in [1.165, 1.54) is 24.8 Å². The molecule has 176 valence electrons. The molecule has 3 N–H and O–H groups in total. The Morgan fingerprint density at radius 1 is 1.25 bits per heavy atom. The molecule has 0 radical (unpaired) electrons. The van der Waals surface area contributed by atoms with Crippen molar-refractivity contribution in [2.45, 2.75) is 77.6 Å². The number of hydrogen-bond donors (Lipinski definition) is 2. The molecule has 32 heavy (non-hydrogen) atoms. The van der Waals surface area contributed by atoms with Crippen LogP contribution in [0.1, 0.15) is 82.3 Å². The highest BCUT2D eigenvalue weighted by molar-refractivity contribution is 7.84. The molecular weight excluding hydrogens is 424 g/mol. The Labute approximate surface area is 192 Å². The number of allylic oxidation sites excluding steroid dienone is 1. The van der Waals surface area contributed by atoms with Crippen molar-refractivity contribution in [2.75, 3.05) is 6.54 Å². The second-order valence-electron chi connectivity index (χ2n) is 9.98. The van der Waals surface area contributed by atoms with Gasteiger partial charge in [-0.1, -0.05) is 45.3 Å². The van der Waals surface area contributed by atoms with Crippen LogP contribution in [0.4, 0.5) is 0 Å². The molecular formula is C25H36N2O4S. The van der Waals surface area contributed by atoms with Crippen LogP contribution in [0.2, 0.25) is 0 Å². The van der Waals surface area contributed by atoms with Gasteiger partial charge in [-0.25, -0.2) is 0 Å². The minimum Gasteiger partial charge on any atom is -0.371 e. The highest BCUT2D eigenvalue weighted by Crippen LogP contribution is 2.61. The van der Waals surface area contributed by atoms with Crippen LogP contribution in [0.25, 0.3) is 0 Å². The Kier molecular flexibility index (Phi) is 6.68. The van der Waals surface area contributed by atoms with E-state index in [0.717, 1.165) is 56.2 Å². The number of benzene rings is 1. The Morgan fingerprint density at radius 3 is 2.81 bits per heavy atom. The lowest BCUT2D eigenvalue weighted by molar-refractivity contribution is -0.119. The molecule has 4 atom stereocenters. The number of carbonyl (C=O) groups is 1. The molecule has 6 nitrogen and oxygen atoms in total. The zero-order chi connectivity index (χ0) is 22.9. The van der Waals surface area contributed by atoms with Gasteiger partial charge in [-0.15, -0.1) is 0 Å². The van der Waals surface area contributed by atoms with Crippen LogP contribution in [0.5, 0.6) is 5.75 Å². The van der Waals surface area contributed by atoms with Gasteiger partial charge in [0, 0.05) is 17.5 Å². The summed E-state index contributed by atoms with van der Waals surface area (Å²) in [5.74, 6) is 1.88. The summed E-state index contributed by atoms with van der Waals surface area (Å²) < 4.78 is 27.4. The predicted molar refractivity (Wildman–Crippen MR) is 125 cm³/mol. The maximum absolute atomic E-state index is 13.0. The van der Waals surface area contributed by atoms with Crippen molar-refractivity contribution in [3.05, 3.63) is 41.0 Å². The third-order valence-corrected chi connectivity index (χ3v) is 8.48. The number of fused-ring (bicyclic) bond motifs is 5. The van der Waals surface area contributed by atoms with Crippen molar-refractivity contribution in [2.24, 2.45) is 22.4 Å². The molecule has 1 aromatic carbocycles. The maximum Gasteiger partial charge on any atom is 0.380 e. The molecule has 0 heterocycles. The minimum absolute atomic E-state index is 0.0527. The van der Waals surface area contributed by atoms with Gasteiger partial charge in [0.25, 0.3) is 0 Å². The lowest BCUT2D eigenvalue weighted by Gasteiger charge is -2.50. The summed E-state index contributed by atoms with van der Waals surface area (Å²) in [6.07, 6.45) is 11.8. The first-order chi connectivity index (χ1) is 15.2. The van der Waals surface area contributed by atoms with Crippen LogP contribution in [0.3, 0.4) is 0 Å². The largest absolute Gasteiger partial charge is 0.380 e. The first kappa shape index (κ1) is 23.3. The summed E-state index contributed by atoms with van der Waals surface area (Å²) in [4.78, 5) is 13.0. The molecule has 7 heteroatoms. The highest BCUT2D eigenvalue weighted by atomic mass is 32.2. The van der Waals surface area contributed by atoms with Crippen molar-refractivity contribution >= 4 is 16.2 Å². The smallest absolute Gasteiger partial charge is 0.371 e. The van der Waals surface area contributed by atoms with E-state index in [4.69, 9.17) is 9.32 Å². The zero-order valence-corrected chi connectivity index (χ0v) is 20.0. The number of amides is 1. The normalized spacial score (nSPS) is 28.8. The van der Waals surface area contributed by atoms with E-state index in [1.807, 2.05) is 12.1 Å². The van der Waals surface area contributed by atoms with Crippen molar-refractivity contribution < 1.29 is 17.4 Å². The number of nitrogens with two attached hydrogens (primary N) is 1. The topological polar surface area (TPSA) is 98.5 Å². The Morgan fingerprint density at radius 2 is 2.06 bits per heavy atom. The Balaban J connectivity index is 1.45. The van der Waals surface area contributed by atoms with Crippen LogP contribution in [-0.2, 0) is 21.5 Å². The average molecular weight is 461 g/mol. The molecule has 0 bridgehead atoms. The van der Waals surface area contributed by atoms with Gasteiger partial charge >= 0.3 is 10.3 Å². The molecule has 3 aliphatic rings. The van der Waals surface area contributed by atoms with Crippen LogP contribution >= 0.6 is 0 Å². The monoisotopic (exact) mass is 460 g/mol. The van der Waals surface area contributed by atoms with Crippen molar-refractivity contribution in [1.29, 1.82) is 0 Å². The molecule has 1 fully saturated rings. The fourth-order valence-corrected chi connectivity index (χ4v) is 6.88. The number of carbonyl (C=O) groups excluding carboxylic acids is 1. The second-order valence-corrected chi connectivity index (χ2v) is 11.1. The molecule has 3 aliphatic carbocycles. The summed E-state index contributed by atoms with van der Waals surface area (Å²) in [6.45, 7) is 5.25. The molecule has 3 unspecified atom stereocenters. The molecule has 0 spiro atoms. The van der Waals surface area contributed by atoms with E-state index >= 15 is 0 Å². The molecule has 1 saturated carbocycles. The summed E-state index contributed by atoms with van der Waals surface area (Å²) >= 11 is 0. The number of unbranched alkanes of at least 4 members (excludes halogenated alkanes) is 3. The summed E-state index contributed by atoms with van der Waals surface area (Å²) in [6, 6.07) is 5.56. The van der Waals surface area contributed by atoms with E-state index in [2.05, 4.69) is 25.2 Å². The molecule has 1 amide bonds. The highest BCUT2D eigenvalue weighted by Gasteiger charge is 2.53. The SMILES string of the molecule is CCCCCCNC(=O)C1=CCC2C3CCc4cc(OS(N)(=O)=O)ccc4C3CC[C@]12C. The van der Waals surface area contributed by atoms with E-state index in [-0.39, 0.29) is 17.1 Å². The van der Waals surface area contributed by atoms with Crippen LogP contribution in [0, 0.1) is 17.3 Å². The summed E-state index contributed by atoms with van der Waals surface area (Å²) in [5, 5.41) is 8.20. The first-order valence-electron chi connectivity index (χ1n) is 12.1. The number of nitrogens with one attached hydrogen (secondary N) is 1. The van der Waals surface area contributed by atoms with E-state index in [9.17, 15) is 13.2 Å². The molecule has 1 aromatic rings. The number of hydrogen-bond acceptors (Lipinski definition) is 4. The number of aryl methyl sites for hydroxylation is 1. The van der Waals surface area contributed by atoms with Crippen molar-refractivity contribution in [3.63, 3.8) is 0 Å². The van der Waals surface area contributed by atoms with Crippen molar-refractivity contribution in [1.82, 2.24) is 5.32 Å². The van der Waals surface area contributed by atoms with Gasteiger partial charge in [-0.2, -0.15) is 13.6 Å². The quantitative estimate of drug-likeness (QED) is 0.563. The van der Waals surface area contributed by atoms with Crippen LogP contribution in [-0.4, -0.2) is 20.9 Å². The molecule has 0 aromatic heterocycles. The zero-order valence-electron chi connectivity index (χ0n) is 19.2. The summed E-state index contributed by atoms with van der Waals surface area (Å²) in [5.41, 5.74) is 3.41. The summed E-state index contributed by atoms with van der Waals surface area (Å²) in [7, 11) is -4.02. The van der Waals surface area contributed by atoms with E-state index in [1.54, 1.807) is 6.07 Å². The minimum atomic E-state index is -4.02. The van der Waals surface area contributed by atoms with Gasteiger partial charge in [0.2, 0.25) is 5.91 Å². The van der Waals surface area contributed by atoms with E-state index < -0.39 is 10.3 Å². The van der Waals surface area contributed by atoms with Gasteiger partial charge in [0.05, 0.1) is 0 Å². The second kappa shape index (κ2) is 9.18. The lowest BCUT2D eigenvalue weighted by Crippen LogP contribution is -2.44. The standard InChI is InChI=1S/C25H36N2O4S/c1-3-4-5-6-15-27-24(28)23-12-11-22-21-9-7-17-16-18(31-32(26,29)30)8-10-19(17)20(21)13-14-25(22,23)2/h8,10,12,16,20-22H,3-7,9,11,13-15H2,1-2H3,(H,27,28)(H2,26,29,30)/t20?,21?,22?,25-/m0/s1. The first-order valence-corrected chi connectivity index (χ1v) is 13.5. The third kappa shape index (κ3) is 4.60. The van der Waals surface area contributed by atoms with Crippen LogP contribution < -0.4 is 14.6 Å². The lowest BCUT2D eigenvalue weighted by atomic mass is 9.54. The van der Waals surface area contributed by atoms with Crippen molar-refractivity contribution in [3.8, 4) is 5.75 Å². The molecule has 4 rings (SSSR count). The molecule has 0 saturated heterocycles. The maximum atomic E-state index is 13.0. The fraction of sp³-hybridized carbons (Fsp3) is 0.640. The number of rotatable bonds is 8. The fourth-order valence-electron chi connectivity index (χ4n) is 6.51. The van der Waals surface area contributed by atoms with Gasteiger partial charge in [0.15, 0.2) is 0 Å². The Hall–Kier alpha value is -1.86. The van der Waals surface area contributed by atoms with Crippen LogP contribution in [0.15, 0.2) is 29.8 Å². The van der Waals surface area contributed by atoms with Gasteiger partial charge in [0.1, 0.15) is 5.75 Å². The van der Waals surface area contributed by atoms with Gasteiger partial charge in [-0.05, 0) is 79.5 Å². The van der Waals surface area contributed by atoms with E-state index in [0.29, 0.717) is 17.8 Å². The Bertz CT molecular complexity index is 1000. The predicted octanol–water partition coefficient (Wildman–Crippen LogP) is 4.36. The third-order valence-electron chi connectivity index (χ3n) is 8.05.